The molecule has 1 aliphatic rings. The van der Waals surface area contributed by atoms with E-state index < -0.39 is 0 Å². The maximum atomic E-state index is 12.6. The van der Waals surface area contributed by atoms with Gasteiger partial charge >= 0.3 is 0 Å². The highest BCUT2D eigenvalue weighted by atomic mass is 79.9. The Morgan fingerprint density at radius 3 is 2.73 bits per heavy atom. The van der Waals surface area contributed by atoms with Crippen LogP contribution in [-0.4, -0.2) is 41.1 Å². The third-order valence-corrected chi connectivity index (χ3v) is 4.26. The van der Waals surface area contributed by atoms with Crippen molar-refractivity contribution in [2.45, 2.75) is 38.8 Å². The maximum absolute atomic E-state index is 12.6. The van der Waals surface area contributed by atoms with Crippen molar-refractivity contribution in [3.05, 3.63) is 33.2 Å². The van der Waals surface area contributed by atoms with Gasteiger partial charge in [-0.15, -0.1) is 12.4 Å². The Morgan fingerprint density at radius 1 is 1.41 bits per heavy atom. The summed E-state index contributed by atoms with van der Waals surface area (Å²) in [7, 11) is 0. The number of pyridine rings is 1. The summed E-state index contributed by atoms with van der Waals surface area (Å²) < 4.78 is 2.27. The van der Waals surface area contributed by atoms with Gasteiger partial charge in [-0.1, -0.05) is 6.92 Å². The van der Waals surface area contributed by atoms with Gasteiger partial charge in [0.15, 0.2) is 0 Å². The van der Waals surface area contributed by atoms with Crippen molar-refractivity contribution in [1.82, 2.24) is 14.8 Å². The Balaban J connectivity index is 0.00000242. The van der Waals surface area contributed by atoms with Gasteiger partial charge in [-0.05, 0) is 54.3 Å². The Kier molecular flexibility index (Phi) is 8.14. The topological polar surface area (TPSA) is 54.3 Å². The molecular weight excluding hydrogens is 370 g/mol. The summed E-state index contributed by atoms with van der Waals surface area (Å²) >= 11 is 3.34. The van der Waals surface area contributed by atoms with Gasteiger partial charge in [-0.3, -0.25) is 9.59 Å². The van der Waals surface area contributed by atoms with Crippen molar-refractivity contribution in [3.63, 3.8) is 0 Å². The molecule has 0 spiro atoms. The van der Waals surface area contributed by atoms with Crippen LogP contribution in [0.4, 0.5) is 0 Å². The van der Waals surface area contributed by atoms with Crippen LogP contribution < -0.4 is 10.9 Å². The van der Waals surface area contributed by atoms with E-state index in [1.54, 1.807) is 12.3 Å². The number of hydrogen-bond donors (Lipinski definition) is 1. The normalized spacial score (nSPS) is 15.2. The number of carbonyl (C=O) groups excluding carboxylic acids is 1. The molecule has 22 heavy (non-hydrogen) atoms. The van der Waals surface area contributed by atoms with Gasteiger partial charge in [0, 0.05) is 29.3 Å². The van der Waals surface area contributed by atoms with Crippen molar-refractivity contribution in [1.29, 1.82) is 0 Å². The summed E-state index contributed by atoms with van der Waals surface area (Å²) in [6.45, 7) is 4.85. The minimum Gasteiger partial charge on any atom is -0.338 e. The smallest absolute Gasteiger partial charge is 0.251 e. The van der Waals surface area contributed by atoms with Gasteiger partial charge in [0.2, 0.25) is 5.91 Å². The van der Waals surface area contributed by atoms with Crippen LogP contribution in [0.1, 0.15) is 26.2 Å². The van der Waals surface area contributed by atoms with Gasteiger partial charge in [-0.2, -0.15) is 0 Å². The summed E-state index contributed by atoms with van der Waals surface area (Å²) in [6, 6.07) is 3.47. The number of carbonyl (C=O) groups is 1. The lowest BCUT2D eigenvalue weighted by Gasteiger charge is -2.34. The molecule has 5 nitrogen and oxygen atoms in total. The highest BCUT2D eigenvalue weighted by Crippen LogP contribution is 2.13. The van der Waals surface area contributed by atoms with Crippen molar-refractivity contribution in [3.8, 4) is 0 Å². The number of aromatic nitrogens is 1. The first-order chi connectivity index (χ1) is 10.1. The summed E-state index contributed by atoms with van der Waals surface area (Å²) in [5, 5.41) is 3.32. The van der Waals surface area contributed by atoms with Crippen molar-refractivity contribution >= 4 is 34.2 Å². The molecule has 1 N–H and O–H groups in total. The van der Waals surface area contributed by atoms with Crippen LogP contribution >= 0.6 is 28.3 Å². The van der Waals surface area contributed by atoms with Crippen molar-refractivity contribution in [2.75, 3.05) is 19.6 Å². The van der Waals surface area contributed by atoms with Gasteiger partial charge in [0.1, 0.15) is 6.54 Å². The first-order valence-electron chi connectivity index (χ1n) is 7.48. The molecule has 1 saturated heterocycles. The molecular formula is C15H23BrClN3O2. The first-order valence-corrected chi connectivity index (χ1v) is 8.27. The molecule has 1 fully saturated rings. The summed E-state index contributed by atoms with van der Waals surface area (Å²) in [5.41, 5.74) is -0.145. The minimum absolute atomic E-state index is 0. The van der Waals surface area contributed by atoms with E-state index in [1.807, 2.05) is 4.90 Å². The average molecular weight is 393 g/mol. The molecule has 1 aromatic heterocycles. The number of rotatable bonds is 5. The van der Waals surface area contributed by atoms with Crippen molar-refractivity contribution in [2.24, 2.45) is 0 Å². The lowest BCUT2D eigenvalue weighted by Crippen LogP contribution is -2.48. The fourth-order valence-corrected chi connectivity index (χ4v) is 3.11. The molecule has 0 aromatic carbocycles. The molecule has 1 aromatic rings. The Bertz CT molecular complexity index is 544. The molecule has 0 saturated carbocycles. The van der Waals surface area contributed by atoms with Crippen LogP contribution in [0.5, 0.6) is 0 Å². The number of nitrogens with zero attached hydrogens (tertiary/aromatic N) is 2. The van der Waals surface area contributed by atoms with Gasteiger partial charge in [0.25, 0.3) is 5.56 Å². The lowest BCUT2D eigenvalue weighted by atomic mass is 10.0. The van der Waals surface area contributed by atoms with Crippen LogP contribution in [-0.2, 0) is 11.3 Å². The number of nitrogens with one attached hydrogen (secondary N) is 1. The number of amides is 1. The van der Waals surface area contributed by atoms with Crippen LogP contribution in [0.15, 0.2) is 27.6 Å². The second-order valence-corrected chi connectivity index (χ2v) is 6.30. The van der Waals surface area contributed by atoms with E-state index >= 15 is 0 Å². The molecule has 124 valence electrons. The second kappa shape index (κ2) is 9.33. The van der Waals surface area contributed by atoms with E-state index in [-0.39, 0.29) is 30.4 Å². The molecule has 1 amide bonds. The highest BCUT2D eigenvalue weighted by Gasteiger charge is 2.24. The second-order valence-electron chi connectivity index (χ2n) is 5.38. The van der Waals surface area contributed by atoms with Crippen LogP contribution in [0, 0.1) is 0 Å². The average Bonchev–Trinajstić information content (AvgIpc) is 2.49. The van der Waals surface area contributed by atoms with Crippen molar-refractivity contribution < 1.29 is 4.79 Å². The summed E-state index contributed by atoms with van der Waals surface area (Å²) in [6.07, 6.45) is 4.58. The predicted octanol–water partition coefficient (Wildman–Crippen LogP) is 2.02. The zero-order valence-corrected chi connectivity index (χ0v) is 15.2. The molecule has 1 aliphatic heterocycles. The Hall–Kier alpha value is -0.850. The third-order valence-electron chi connectivity index (χ3n) is 3.79. The number of halogens is 2. The maximum Gasteiger partial charge on any atom is 0.251 e. The number of hydrogen-bond acceptors (Lipinski definition) is 3. The van der Waals surface area contributed by atoms with Crippen LogP contribution in [0.25, 0.3) is 0 Å². The van der Waals surface area contributed by atoms with E-state index in [0.717, 1.165) is 43.4 Å². The summed E-state index contributed by atoms with van der Waals surface area (Å²) in [4.78, 5) is 26.4. The Labute approximate surface area is 145 Å². The van der Waals surface area contributed by atoms with E-state index in [1.165, 1.54) is 10.6 Å². The fraction of sp³-hybridized carbons (Fsp3) is 0.600. The largest absolute Gasteiger partial charge is 0.338 e. The number of piperidine rings is 1. The molecule has 0 aliphatic carbocycles. The minimum atomic E-state index is -0.145. The molecule has 0 unspecified atom stereocenters. The monoisotopic (exact) mass is 391 g/mol. The summed E-state index contributed by atoms with van der Waals surface area (Å²) in [5.74, 6) is 0.0314. The SMILES string of the molecule is CCCN(C(=O)Cn1cc(Br)ccc1=O)C1CCNCC1.Cl. The zero-order chi connectivity index (χ0) is 15.2. The third kappa shape index (κ3) is 5.11. The van der Waals surface area contributed by atoms with E-state index in [0.29, 0.717) is 6.04 Å². The van der Waals surface area contributed by atoms with Crippen LogP contribution in [0.2, 0.25) is 0 Å². The van der Waals surface area contributed by atoms with Gasteiger partial charge in [0.05, 0.1) is 0 Å². The first kappa shape index (κ1) is 19.2. The van der Waals surface area contributed by atoms with Crippen LogP contribution in [0.3, 0.4) is 0 Å². The fourth-order valence-electron chi connectivity index (χ4n) is 2.73. The predicted molar refractivity (Wildman–Crippen MR) is 93.5 cm³/mol. The van der Waals surface area contributed by atoms with E-state index in [9.17, 15) is 9.59 Å². The highest BCUT2D eigenvalue weighted by molar-refractivity contribution is 9.10. The quantitative estimate of drug-likeness (QED) is 0.834. The Morgan fingerprint density at radius 2 is 2.09 bits per heavy atom. The molecule has 7 heteroatoms. The molecule has 0 atom stereocenters. The zero-order valence-electron chi connectivity index (χ0n) is 12.8. The standard InChI is InChI=1S/C15H22BrN3O2.ClH/c1-2-9-19(13-5-7-17-8-6-13)15(21)11-18-10-12(16)3-4-14(18)20;/h3-4,10,13,17H,2,5-9,11H2,1H3;1H. The van der Waals surface area contributed by atoms with E-state index in [2.05, 4.69) is 28.2 Å². The molecule has 0 radical (unpaired) electrons. The molecule has 2 rings (SSSR count). The van der Waals surface area contributed by atoms with Gasteiger partial charge < -0.3 is 14.8 Å². The lowest BCUT2D eigenvalue weighted by molar-refractivity contribution is -0.134. The molecule has 2 heterocycles. The molecule has 0 bridgehead atoms. The van der Waals surface area contributed by atoms with E-state index in [4.69, 9.17) is 0 Å². The van der Waals surface area contributed by atoms with Gasteiger partial charge in [-0.25, -0.2) is 0 Å².